The Bertz CT molecular complexity index is 999. The summed E-state index contributed by atoms with van der Waals surface area (Å²) >= 11 is 0. The second-order valence-electron chi connectivity index (χ2n) is 7.45. The standard InChI is InChI=1S/C22H28N2O5S/c1-15(2)14-23-30(27,28)18-8-6-17(7-9-18)24-22(26)12-10-20(25)19-13-16(3)5-11-21(19)29-4/h5-9,11,13,15,23H,10,12,14H2,1-4H3,(H,24,26). The second-order valence-corrected chi connectivity index (χ2v) is 9.21. The minimum Gasteiger partial charge on any atom is -0.496 e. The summed E-state index contributed by atoms with van der Waals surface area (Å²) in [5, 5.41) is 2.68. The zero-order valence-corrected chi connectivity index (χ0v) is 18.5. The Morgan fingerprint density at radius 3 is 2.30 bits per heavy atom. The fourth-order valence-electron chi connectivity index (χ4n) is 2.70. The maximum atomic E-state index is 12.5. The highest BCUT2D eigenvalue weighted by Gasteiger charge is 2.16. The zero-order chi connectivity index (χ0) is 22.3. The van der Waals surface area contributed by atoms with Gasteiger partial charge in [-0.15, -0.1) is 0 Å². The van der Waals surface area contributed by atoms with Crippen LogP contribution >= 0.6 is 0 Å². The van der Waals surface area contributed by atoms with E-state index in [1.807, 2.05) is 26.8 Å². The summed E-state index contributed by atoms with van der Waals surface area (Å²) in [4.78, 5) is 24.8. The molecule has 0 atom stereocenters. The third kappa shape index (κ3) is 6.67. The summed E-state index contributed by atoms with van der Waals surface area (Å²) in [5.74, 6) is 0.168. The van der Waals surface area contributed by atoms with E-state index in [1.165, 1.54) is 31.4 Å². The normalized spacial score (nSPS) is 11.4. The SMILES string of the molecule is COc1ccc(C)cc1C(=O)CCC(=O)Nc1ccc(S(=O)(=O)NCC(C)C)cc1. The predicted molar refractivity (Wildman–Crippen MR) is 116 cm³/mol. The van der Waals surface area contributed by atoms with Crippen molar-refractivity contribution in [2.24, 2.45) is 5.92 Å². The van der Waals surface area contributed by atoms with E-state index >= 15 is 0 Å². The highest BCUT2D eigenvalue weighted by atomic mass is 32.2. The van der Waals surface area contributed by atoms with Crippen LogP contribution in [0.1, 0.15) is 42.6 Å². The van der Waals surface area contributed by atoms with Crippen LogP contribution in [0.4, 0.5) is 5.69 Å². The third-order valence-electron chi connectivity index (χ3n) is 4.36. The summed E-state index contributed by atoms with van der Waals surface area (Å²) in [6, 6.07) is 11.2. The van der Waals surface area contributed by atoms with Gasteiger partial charge < -0.3 is 10.1 Å². The minimum absolute atomic E-state index is 0.00588. The van der Waals surface area contributed by atoms with Crippen LogP contribution in [0.3, 0.4) is 0 Å². The van der Waals surface area contributed by atoms with E-state index in [9.17, 15) is 18.0 Å². The van der Waals surface area contributed by atoms with Crippen molar-refractivity contribution in [3.63, 3.8) is 0 Å². The number of hydrogen-bond acceptors (Lipinski definition) is 5. The molecule has 2 aromatic rings. The highest BCUT2D eigenvalue weighted by Crippen LogP contribution is 2.22. The molecule has 0 aliphatic heterocycles. The molecule has 0 fully saturated rings. The summed E-state index contributed by atoms with van der Waals surface area (Å²) in [6.07, 6.45) is 0.0448. The molecule has 162 valence electrons. The second kappa shape index (κ2) is 10.4. The Balaban J connectivity index is 1.94. The molecule has 30 heavy (non-hydrogen) atoms. The lowest BCUT2D eigenvalue weighted by Crippen LogP contribution is -2.27. The average Bonchev–Trinajstić information content (AvgIpc) is 2.71. The number of ether oxygens (including phenoxy) is 1. The van der Waals surface area contributed by atoms with Crippen LogP contribution < -0.4 is 14.8 Å². The fourth-order valence-corrected chi connectivity index (χ4v) is 3.92. The van der Waals surface area contributed by atoms with Gasteiger partial charge in [0.15, 0.2) is 5.78 Å². The number of ketones is 1. The number of benzene rings is 2. The van der Waals surface area contributed by atoms with Gasteiger partial charge in [-0.2, -0.15) is 0 Å². The maximum absolute atomic E-state index is 12.5. The Morgan fingerprint density at radius 1 is 1.03 bits per heavy atom. The zero-order valence-electron chi connectivity index (χ0n) is 17.7. The molecule has 0 saturated heterocycles. The molecule has 0 spiro atoms. The molecular weight excluding hydrogens is 404 g/mol. The molecule has 0 aliphatic carbocycles. The van der Waals surface area contributed by atoms with E-state index in [4.69, 9.17) is 4.74 Å². The van der Waals surface area contributed by atoms with Gasteiger partial charge in [-0.1, -0.05) is 25.5 Å². The highest BCUT2D eigenvalue weighted by molar-refractivity contribution is 7.89. The Morgan fingerprint density at radius 2 is 1.70 bits per heavy atom. The first-order valence-electron chi connectivity index (χ1n) is 9.70. The van der Waals surface area contributed by atoms with Gasteiger partial charge >= 0.3 is 0 Å². The van der Waals surface area contributed by atoms with Crippen LogP contribution in [0.15, 0.2) is 47.4 Å². The molecule has 0 radical (unpaired) electrons. The van der Waals surface area contributed by atoms with Crippen molar-refractivity contribution < 1.29 is 22.7 Å². The van der Waals surface area contributed by atoms with Gasteiger partial charge in [0, 0.05) is 25.1 Å². The Kier molecular flexibility index (Phi) is 8.14. The number of amides is 1. The molecule has 0 unspecified atom stereocenters. The molecule has 0 aromatic heterocycles. The summed E-state index contributed by atoms with van der Waals surface area (Å²) in [6.45, 7) is 6.06. The first-order chi connectivity index (χ1) is 14.1. The Labute approximate surface area is 177 Å². The van der Waals surface area contributed by atoms with Crippen molar-refractivity contribution in [1.82, 2.24) is 4.72 Å². The number of aryl methyl sites for hydroxylation is 1. The van der Waals surface area contributed by atoms with Crippen LogP contribution in [-0.2, 0) is 14.8 Å². The van der Waals surface area contributed by atoms with Crippen molar-refractivity contribution in [3.8, 4) is 5.75 Å². The number of rotatable bonds is 10. The van der Waals surface area contributed by atoms with Crippen molar-refractivity contribution in [3.05, 3.63) is 53.6 Å². The third-order valence-corrected chi connectivity index (χ3v) is 5.80. The van der Waals surface area contributed by atoms with Crippen LogP contribution in [0.5, 0.6) is 5.75 Å². The quantitative estimate of drug-likeness (QED) is 0.559. The largest absolute Gasteiger partial charge is 0.496 e. The number of sulfonamides is 1. The maximum Gasteiger partial charge on any atom is 0.240 e. The molecule has 7 nitrogen and oxygen atoms in total. The molecule has 1 amide bonds. The molecule has 8 heteroatoms. The van der Waals surface area contributed by atoms with Gasteiger partial charge in [0.1, 0.15) is 5.75 Å². The number of hydrogen-bond donors (Lipinski definition) is 2. The first-order valence-corrected chi connectivity index (χ1v) is 11.2. The lowest BCUT2D eigenvalue weighted by atomic mass is 10.0. The topological polar surface area (TPSA) is 102 Å². The van der Waals surface area contributed by atoms with Crippen LogP contribution in [-0.4, -0.2) is 33.8 Å². The van der Waals surface area contributed by atoms with Gasteiger partial charge in [-0.25, -0.2) is 13.1 Å². The van der Waals surface area contributed by atoms with E-state index < -0.39 is 10.0 Å². The number of methoxy groups -OCH3 is 1. The molecule has 0 aliphatic rings. The number of Topliss-reactive ketones (excluding diaryl/α,β-unsaturated/α-hetero) is 1. The van der Waals surface area contributed by atoms with E-state index in [1.54, 1.807) is 12.1 Å². The molecule has 0 saturated carbocycles. The van der Waals surface area contributed by atoms with Crippen molar-refractivity contribution in [2.45, 2.75) is 38.5 Å². The lowest BCUT2D eigenvalue weighted by molar-refractivity contribution is -0.116. The van der Waals surface area contributed by atoms with Gasteiger partial charge in [0.2, 0.25) is 15.9 Å². The molecule has 0 bridgehead atoms. The molecule has 2 aromatic carbocycles. The van der Waals surface area contributed by atoms with Gasteiger partial charge in [-0.05, 0) is 49.2 Å². The lowest BCUT2D eigenvalue weighted by Gasteiger charge is -2.10. The van der Waals surface area contributed by atoms with Gasteiger partial charge in [-0.3, -0.25) is 9.59 Å². The summed E-state index contributed by atoms with van der Waals surface area (Å²) in [5.41, 5.74) is 1.85. The number of nitrogens with one attached hydrogen (secondary N) is 2. The minimum atomic E-state index is -3.58. The van der Waals surface area contributed by atoms with E-state index in [0.29, 0.717) is 23.5 Å². The average molecular weight is 433 g/mol. The smallest absolute Gasteiger partial charge is 0.240 e. The molecule has 2 N–H and O–H groups in total. The number of anilines is 1. The van der Waals surface area contributed by atoms with E-state index in [-0.39, 0.29) is 35.3 Å². The van der Waals surface area contributed by atoms with Gasteiger partial charge in [0.25, 0.3) is 0 Å². The molecule has 0 heterocycles. The van der Waals surface area contributed by atoms with Gasteiger partial charge in [0.05, 0.1) is 17.6 Å². The van der Waals surface area contributed by atoms with Crippen molar-refractivity contribution in [2.75, 3.05) is 19.0 Å². The monoisotopic (exact) mass is 432 g/mol. The first kappa shape index (κ1) is 23.6. The fraction of sp³-hybridized carbons (Fsp3) is 0.364. The van der Waals surface area contributed by atoms with Crippen LogP contribution in [0.2, 0.25) is 0 Å². The Hall–Kier alpha value is -2.71. The summed E-state index contributed by atoms with van der Waals surface area (Å²) in [7, 11) is -2.09. The van der Waals surface area contributed by atoms with Crippen molar-refractivity contribution >= 4 is 27.4 Å². The number of carbonyl (C=O) groups excluding carboxylic acids is 2. The molecule has 2 rings (SSSR count). The van der Waals surface area contributed by atoms with E-state index in [2.05, 4.69) is 10.0 Å². The van der Waals surface area contributed by atoms with Crippen LogP contribution in [0.25, 0.3) is 0 Å². The van der Waals surface area contributed by atoms with Crippen LogP contribution in [0, 0.1) is 12.8 Å². The number of carbonyl (C=O) groups is 2. The van der Waals surface area contributed by atoms with Crippen molar-refractivity contribution in [1.29, 1.82) is 0 Å². The summed E-state index contributed by atoms with van der Waals surface area (Å²) < 4.78 is 32.2. The van der Waals surface area contributed by atoms with E-state index in [0.717, 1.165) is 5.56 Å². The molecular formula is C22H28N2O5S. The predicted octanol–water partition coefficient (Wildman–Crippen LogP) is 3.54.